The van der Waals surface area contributed by atoms with Gasteiger partial charge in [0.05, 0.1) is 13.2 Å². The fourth-order valence-corrected chi connectivity index (χ4v) is 2.98. The monoisotopic (exact) mass is 398 g/mol. The molecule has 156 valence electrons. The number of ether oxygens (including phenoxy) is 2. The molecule has 0 saturated heterocycles. The quantitative estimate of drug-likeness (QED) is 0.622. The standard InChI is InChI=1S/C23H30N2O4/c1-6-17-7-9-18(10-8-17)20(25(3)4)14-24-23(27)15-29-21-12-11-19(16(2)26)13-22(21)28-5/h7-13,20H,6,14-15H2,1-5H3,(H,24,27). The van der Waals surface area contributed by atoms with E-state index in [0.717, 1.165) is 12.0 Å². The van der Waals surface area contributed by atoms with Gasteiger partial charge in [-0.25, -0.2) is 0 Å². The molecule has 6 nitrogen and oxygen atoms in total. The second-order valence-electron chi connectivity index (χ2n) is 7.09. The maximum Gasteiger partial charge on any atom is 0.258 e. The lowest BCUT2D eigenvalue weighted by molar-refractivity contribution is -0.123. The zero-order chi connectivity index (χ0) is 21.4. The summed E-state index contributed by atoms with van der Waals surface area (Å²) >= 11 is 0. The summed E-state index contributed by atoms with van der Waals surface area (Å²) in [5.74, 6) is 0.564. The van der Waals surface area contributed by atoms with E-state index in [4.69, 9.17) is 9.47 Å². The van der Waals surface area contributed by atoms with Gasteiger partial charge >= 0.3 is 0 Å². The molecule has 0 saturated carbocycles. The van der Waals surface area contributed by atoms with E-state index < -0.39 is 0 Å². The number of Topliss-reactive ketones (excluding diaryl/α,β-unsaturated/α-hetero) is 1. The first kappa shape index (κ1) is 22.4. The van der Waals surface area contributed by atoms with Crippen molar-refractivity contribution in [2.75, 3.05) is 34.4 Å². The van der Waals surface area contributed by atoms with Crippen molar-refractivity contribution in [3.05, 3.63) is 59.2 Å². The van der Waals surface area contributed by atoms with Gasteiger partial charge < -0.3 is 19.7 Å². The first-order chi connectivity index (χ1) is 13.8. The highest BCUT2D eigenvalue weighted by Crippen LogP contribution is 2.28. The predicted octanol–water partition coefficient (Wildman–Crippen LogP) is 3.26. The van der Waals surface area contributed by atoms with Gasteiger partial charge in [0.2, 0.25) is 0 Å². The molecule has 1 unspecified atom stereocenters. The number of nitrogens with one attached hydrogen (secondary N) is 1. The third kappa shape index (κ3) is 6.32. The highest BCUT2D eigenvalue weighted by Gasteiger charge is 2.16. The molecule has 2 aromatic carbocycles. The molecule has 0 heterocycles. The van der Waals surface area contributed by atoms with Crippen molar-refractivity contribution in [3.63, 3.8) is 0 Å². The molecule has 2 aromatic rings. The lowest BCUT2D eigenvalue weighted by atomic mass is 10.0. The number of nitrogens with zero attached hydrogens (tertiary/aromatic N) is 1. The normalized spacial score (nSPS) is 11.8. The van der Waals surface area contributed by atoms with Gasteiger partial charge in [0.25, 0.3) is 5.91 Å². The number of aryl methyl sites for hydroxylation is 1. The molecule has 0 radical (unpaired) electrons. The summed E-state index contributed by atoms with van der Waals surface area (Å²) in [5, 5.41) is 2.93. The Bertz CT molecular complexity index is 831. The molecule has 1 atom stereocenters. The minimum atomic E-state index is -0.222. The van der Waals surface area contributed by atoms with Crippen LogP contribution in [0.1, 0.15) is 41.4 Å². The molecule has 0 fully saturated rings. The molecule has 0 bridgehead atoms. The smallest absolute Gasteiger partial charge is 0.258 e. The summed E-state index contributed by atoms with van der Waals surface area (Å²) in [6, 6.07) is 13.4. The molecule has 0 spiro atoms. The Morgan fingerprint density at radius 2 is 1.76 bits per heavy atom. The topological polar surface area (TPSA) is 67.9 Å². The Morgan fingerprint density at radius 1 is 1.07 bits per heavy atom. The Hall–Kier alpha value is -2.86. The number of methoxy groups -OCH3 is 1. The number of ketones is 1. The Labute approximate surface area is 172 Å². The van der Waals surface area contributed by atoms with Gasteiger partial charge in [-0.05, 0) is 56.8 Å². The Morgan fingerprint density at radius 3 is 2.31 bits per heavy atom. The van der Waals surface area contributed by atoms with Crippen LogP contribution in [0, 0.1) is 0 Å². The van der Waals surface area contributed by atoms with Crippen LogP contribution in [0.25, 0.3) is 0 Å². The lowest BCUT2D eigenvalue weighted by Crippen LogP contribution is -2.36. The molecular weight excluding hydrogens is 368 g/mol. The molecule has 1 N–H and O–H groups in total. The van der Waals surface area contributed by atoms with Crippen LogP contribution in [0.4, 0.5) is 0 Å². The second kappa shape index (κ2) is 10.6. The number of hydrogen-bond acceptors (Lipinski definition) is 5. The van der Waals surface area contributed by atoms with Crippen LogP contribution in [0.2, 0.25) is 0 Å². The SMILES string of the molecule is CCc1ccc(C(CNC(=O)COc2ccc(C(C)=O)cc2OC)N(C)C)cc1. The van der Waals surface area contributed by atoms with Crippen LogP contribution in [-0.4, -0.2) is 50.9 Å². The van der Waals surface area contributed by atoms with E-state index >= 15 is 0 Å². The van der Waals surface area contributed by atoms with Crippen molar-refractivity contribution in [3.8, 4) is 11.5 Å². The number of hydrogen-bond donors (Lipinski definition) is 1. The summed E-state index contributed by atoms with van der Waals surface area (Å²) in [5.41, 5.74) is 2.96. The van der Waals surface area contributed by atoms with E-state index in [-0.39, 0.29) is 24.3 Å². The van der Waals surface area contributed by atoms with E-state index in [0.29, 0.717) is 23.6 Å². The van der Waals surface area contributed by atoms with E-state index in [1.54, 1.807) is 18.2 Å². The van der Waals surface area contributed by atoms with Crippen molar-refractivity contribution in [2.45, 2.75) is 26.3 Å². The summed E-state index contributed by atoms with van der Waals surface area (Å²) in [6.45, 7) is 3.95. The largest absolute Gasteiger partial charge is 0.493 e. The van der Waals surface area contributed by atoms with Crippen molar-refractivity contribution in [1.29, 1.82) is 0 Å². The third-order valence-electron chi connectivity index (χ3n) is 4.82. The van der Waals surface area contributed by atoms with Gasteiger partial charge in [-0.2, -0.15) is 0 Å². The second-order valence-corrected chi connectivity index (χ2v) is 7.09. The maximum atomic E-state index is 12.3. The molecule has 29 heavy (non-hydrogen) atoms. The number of amides is 1. The summed E-state index contributed by atoms with van der Waals surface area (Å²) in [6.07, 6.45) is 0.998. The van der Waals surface area contributed by atoms with E-state index in [1.807, 2.05) is 14.1 Å². The van der Waals surface area contributed by atoms with Crippen molar-refractivity contribution in [2.24, 2.45) is 0 Å². The molecule has 2 rings (SSSR count). The third-order valence-corrected chi connectivity index (χ3v) is 4.82. The average Bonchev–Trinajstić information content (AvgIpc) is 2.72. The first-order valence-electron chi connectivity index (χ1n) is 9.69. The number of benzene rings is 2. The molecule has 0 aromatic heterocycles. The van der Waals surface area contributed by atoms with E-state index in [2.05, 4.69) is 41.4 Å². The molecule has 0 aliphatic rings. The Kier molecular flexibility index (Phi) is 8.21. The van der Waals surface area contributed by atoms with Crippen molar-refractivity contribution < 1.29 is 19.1 Å². The fraction of sp³-hybridized carbons (Fsp3) is 0.391. The predicted molar refractivity (Wildman–Crippen MR) is 114 cm³/mol. The molecule has 0 aliphatic heterocycles. The molecule has 6 heteroatoms. The summed E-state index contributed by atoms with van der Waals surface area (Å²) in [4.78, 5) is 25.9. The lowest BCUT2D eigenvalue weighted by Gasteiger charge is -2.25. The maximum absolute atomic E-state index is 12.3. The number of carbonyl (C=O) groups is 2. The van der Waals surface area contributed by atoms with Crippen LogP contribution in [-0.2, 0) is 11.2 Å². The van der Waals surface area contributed by atoms with E-state index in [9.17, 15) is 9.59 Å². The van der Waals surface area contributed by atoms with Crippen molar-refractivity contribution in [1.82, 2.24) is 10.2 Å². The zero-order valence-corrected chi connectivity index (χ0v) is 17.8. The van der Waals surface area contributed by atoms with Gasteiger partial charge in [0.15, 0.2) is 23.9 Å². The molecule has 1 amide bonds. The summed E-state index contributed by atoms with van der Waals surface area (Å²) < 4.78 is 10.9. The van der Waals surface area contributed by atoms with Gasteiger partial charge in [0.1, 0.15) is 0 Å². The van der Waals surface area contributed by atoms with Crippen molar-refractivity contribution >= 4 is 11.7 Å². The zero-order valence-electron chi connectivity index (χ0n) is 17.8. The minimum absolute atomic E-state index is 0.0608. The molecule has 0 aliphatic carbocycles. The fourth-order valence-electron chi connectivity index (χ4n) is 2.98. The van der Waals surface area contributed by atoms with Crippen LogP contribution in [0.5, 0.6) is 11.5 Å². The van der Waals surface area contributed by atoms with E-state index in [1.165, 1.54) is 19.6 Å². The Balaban J connectivity index is 1.95. The van der Waals surface area contributed by atoms with Crippen LogP contribution >= 0.6 is 0 Å². The number of rotatable bonds is 10. The average molecular weight is 399 g/mol. The van der Waals surface area contributed by atoms with Crippen LogP contribution < -0.4 is 14.8 Å². The highest BCUT2D eigenvalue weighted by molar-refractivity contribution is 5.94. The van der Waals surface area contributed by atoms with Gasteiger partial charge in [-0.1, -0.05) is 31.2 Å². The first-order valence-corrected chi connectivity index (χ1v) is 9.69. The van der Waals surface area contributed by atoms with Crippen LogP contribution in [0.15, 0.2) is 42.5 Å². The highest BCUT2D eigenvalue weighted by atomic mass is 16.5. The number of likely N-dealkylation sites (N-methyl/N-ethyl adjacent to an activating group) is 1. The minimum Gasteiger partial charge on any atom is -0.493 e. The summed E-state index contributed by atoms with van der Waals surface area (Å²) in [7, 11) is 5.47. The van der Waals surface area contributed by atoms with Gasteiger partial charge in [-0.15, -0.1) is 0 Å². The van der Waals surface area contributed by atoms with Crippen LogP contribution in [0.3, 0.4) is 0 Å². The van der Waals surface area contributed by atoms with Gasteiger partial charge in [-0.3, -0.25) is 9.59 Å². The van der Waals surface area contributed by atoms with Gasteiger partial charge in [0, 0.05) is 12.1 Å². The number of carbonyl (C=O) groups excluding carboxylic acids is 2. The molecular formula is C23H30N2O4.